The second-order valence-electron chi connectivity index (χ2n) is 6.06. The lowest BCUT2D eigenvalue weighted by molar-refractivity contribution is -0.660. The van der Waals surface area contributed by atoms with Crippen molar-refractivity contribution in [3.8, 4) is 5.69 Å². The Balaban J connectivity index is 1.87. The maximum Gasteiger partial charge on any atom is 0.270 e. The Labute approximate surface area is 129 Å². The molecule has 0 amide bonds. The monoisotopic (exact) mass is 285 g/mol. The molecule has 2 heterocycles. The van der Waals surface area contributed by atoms with Crippen LogP contribution in [0.5, 0.6) is 0 Å². The molecule has 0 saturated heterocycles. The van der Waals surface area contributed by atoms with Crippen molar-refractivity contribution < 1.29 is 4.57 Å². The maximum absolute atomic E-state index is 2.49. The number of imidazole rings is 1. The second kappa shape index (κ2) is 4.44. The molecule has 3 aromatic rings. The average molecular weight is 285 g/mol. The van der Waals surface area contributed by atoms with Gasteiger partial charge in [0, 0.05) is 0 Å². The molecule has 2 aromatic carbocycles. The van der Waals surface area contributed by atoms with E-state index >= 15 is 0 Å². The zero-order valence-corrected chi connectivity index (χ0v) is 12.3. The number of rotatable bonds is 1. The molecule has 0 saturated carbocycles. The van der Waals surface area contributed by atoms with Gasteiger partial charge in [0.15, 0.2) is 11.0 Å². The van der Waals surface area contributed by atoms with Crippen LogP contribution in [0.25, 0.3) is 16.7 Å². The van der Waals surface area contributed by atoms with E-state index in [0.717, 1.165) is 13.0 Å². The molecule has 5 rings (SSSR count). The van der Waals surface area contributed by atoms with Crippen LogP contribution < -0.4 is 4.57 Å². The summed E-state index contributed by atoms with van der Waals surface area (Å²) >= 11 is 0. The van der Waals surface area contributed by atoms with Gasteiger partial charge in [-0.05, 0) is 36.3 Å². The van der Waals surface area contributed by atoms with Crippen molar-refractivity contribution in [1.82, 2.24) is 4.57 Å². The number of fused-ring (bicyclic) bond motifs is 5. The van der Waals surface area contributed by atoms with Crippen LogP contribution in [0.3, 0.4) is 0 Å². The van der Waals surface area contributed by atoms with E-state index in [2.05, 4.69) is 82.0 Å². The van der Waals surface area contributed by atoms with Gasteiger partial charge < -0.3 is 0 Å². The van der Waals surface area contributed by atoms with E-state index in [9.17, 15) is 0 Å². The summed E-state index contributed by atoms with van der Waals surface area (Å²) in [6.07, 6.45) is 7.89. The first-order valence-electron chi connectivity index (χ1n) is 7.88. The van der Waals surface area contributed by atoms with Gasteiger partial charge in [-0.1, -0.05) is 48.6 Å². The fraction of sp³-hybridized carbons (Fsp3) is 0.150. The zero-order chi connectivity index (χ0) is 14.5. The van der Waals surface area contributed by atoms with Gasteiger partial charge in [0.2, 0.25) is 0 Å². The molecule has 2 aliphatic rings. The van der Waals surface area contributed by atoms with E-state index in [0.29, 0.717) is 5.92 Å². The lowest BCUT2D eigenvalue weighted by atomic mass is 9.93. The fourth-order valence-corrected chi connectivity index (χ4v) is 3.90. The zero-order valence-electron chi connectivity index (χ0n) is 12.3. The van der Waals surface area contributed by atoms with Crippen molar-refractivity contribution in [1.29, 1.82) is 0 Å². The Morgan fingerprint density at radius 1 is 0.955 bits per heavy atom. The van der Waals surface area contributed by atoms with Crippen molar-refractivity contribution in [2.75, 3.05) is 0 Å². The second-order valence-corrected chi connectivity index (χ2v) is 6.06. The van der Waals surface area contributed by atoms with E-state index in [1.807, 2.05) is 0 Å². The molecule has 0 radical (unpaired) electrons. The molecule has 0 N–H and O–H groups in total. The van der Waals surface area contributed by atoms with E-state index in [1.165, 1.54) is 28.1 Å². The van der Waals surface area contributed by atoms with Gasteiger partial charge in [0.05, 0.1) is 5.92 Å². The molecule has 1 atom stereocenters. The van der Waals surface area contributed by atoms with Crippen LogP contribution in [0.15, 0.2) is 78.4 Å². The third-order valence-corrected chi connectivity index (χ3v) is 4.85. The SMILES string of the molecule is C1=CCC2C(=C1)C[n+]1c2n(-c2ccccc2)c2ccccc21. The molecule has 1 unspecified atom stereocenters. The van der Waals surface area contributed by atoms with E-state index in [1.54, 1.807) is 0 Å². The largest absolute Gasteiger partial charge is 0.270 e. The predicted octanol–water partition coefficient (Wildman–Crippen LogP) is 3.90. The van der Waals surface area contributed by atoms with E-state index in [-0.39, 0.29) is 0 Å². The number of nitrogens with zero attached hydrogens (tertiary/aromatic N) is 2. The Morgan fingerprint density at radius 2 is 1.77 bits per heavy atom. The summed E-state index contributed by atoms with van der Waals surface area (Å²) in [5.41, 5.74) is 5.42. The Hall–Kier alpha value is -2.61. The molecule has 106 valence electrons. The Kier molecular flexibility index (Phi) is 2.42. The first-order valence-corrected chi connectivity index (χ1v) is 7.88. The smallest absolute Gasteiger partial charge is 0.222 e. The number of allylic oxidation sites excluding steroid dienone is 4. The molecule has 0 spiro atoms. The van der Waals surface area contributed by atoms with Gasteiger partial charge in [0.1, 0.15) is 12.2 Å². The minimum atomic E-state index is 0.512. The van der Waals surface area contributed by atoms with Crippen molar-refractivity contribution in [2.45, 2.75) is 18.9 Å². The van der Waals surface area contributed by atoms with Crippen LogP contribution >= 0.6 is 0 Å². The highest BCUT2D eigenvalue weighted by Crippen LogP contribution is 2.38. The molecule has 2 nitrogen and oxygen atoms in total. The minimum Gasteiger partial charge on any atom is -0.222 e. The van der Waals surface area contributed by atoms with Gasteiger partial charge in [-0.25, -0.2) is 4.57 Å². The maximum atomic E-state index is 2.49. The van der Waals surface area contributed by atoms with E-state index < -0.39 is 0 Å². The standard InChI is InChI=1S/C20H17N2/c1-2-9-16(10-3-1)22-19-13-7-6-12-18(19)21-14-15-8-4-5-11-17(15)20(21)22/h1-10,12-13,17H,11,14H2/q+1. The van der Waals surface area contributed by atoms with Crippen molar-refractivity contribution in [3.05, 3.63) is 84.2 Å². The van der Waals surface area contributed by atoms with Gasteiger partial charge in [-0.15, -0.1) is 0 Å². The third kappa shape index (κ3) is 1.52. The summed E-state index contributed by atoms with van der Waals surface area (Å²) in [4.78, 5) is 0. The van der Waals surface area contributed by atoms with Crippen LogP contribution in [0.4, 0.5) is 0 Å². The normalized spacial score (nSPS) is 19.1. The first kappa shape index (κ1) is 12.0. The highest BCUT2D eigenvalue weighted by molar-refractivity contribution is 5.75. The van der Waals surface area contributed by atoms with Crippen LogP contribution in [-0.4, -0.2) is 4.57 Å². The third-order valence-electron chi connectivity index (χ3n) is 4.85. The summed E-state index contributed by atoms with van der Waals surface area (Å²) in [5, 5.41) is 0. The molecular formula is C20H17N2+. The quantitative estimate of drug-likeness (QED) is 0.600. The summed E-state index contributed by atoms with van der Waals surface area (Å²) in [7, 11) is 0. The van der Waals surface area contributed by atoms with Crippen LogP contribution in [0, 0.1) is 0 Å². The molecule has 22 heavy (non-hydrogen) atoms. The predicted molar refractivity (Wildman–Crippen MR) is 88.1 cm³/mol. The molecule has 1 aromatic heterocycles. The Bertz CT molecular complexity index is 929. The topological polar surface area (TPSA) is 8.81 Å². The molecule has 2 heteroatoms. The summed E-state index contributed by atoms with van der Waals surface area (Å²) in [6, 6.07) is 19.5. The van der Waals surface area contributed by atoms with Gasteiger partial charge in [0.25, 0.3) is 5.82 Å². The summed E-state index contributed by atoms with van der Waals surface area (Å²) < 4.78 is 4.94. The lowest BCUT2D eigenvalue weighted by Crippen LogP contribution is -2.32. The number of aromatic nitrogens is 2. The number of benzene rings is 2. The van der Waals surface area contributed by atoms with Crippen molar-refractivity contribution in [3.63, 3.8) is 0 Å². The highest BCUT2D eigenvalue weighted by Gasteiger charge is 2.40. The van der Waals surface area contributed by atoms with Gasteiger partial charge in [-0.2, -0.15) is 4.57 Å². The molecular weight excluding hydrogens is 268 g/mol. The van der Waals surface area contributed by atoms with Crippen LogP contribution in [0.1, 0.15) is 18.2 Å². The summed E-state index contributed by atoms with van der Waals surface area (Å²) in [5.74, 6) is 1.93. The number of para-hydroxylation sites is 3. The fourth-order valence-electron chi connectivity index (χ4n) is 3.90. The van der Waals surface area contributed by atoms with E-state index in [4.69, 9.17) is 0 Å². The minimum absolute atomic E-state index is 0.512. The van der Waals surface area contributed by atoms with Gasteiger partial charge >= 0.3 is 0 Å². The molecule has 1 aliphatic carbocycles. The van der Waals surface area contributed by atoms with Crippen molar-refractivity contribution >= 4 is 11.0 Å². The molecule has 0 fully saturated rings. The highest BCUT2D eigenvalue weighted by atomic mass is 15.2. The lowest BCUT2D eigenvalue weighted by Gasteiger charge is -2.11. The van der Waals surface area contributed by atoms with Gasteiger partial charge in [-0.3, -0.25) is 0 Å². The molecule has 0 bridgehead atoms. The van der Waals surface area contributed by atoms with Crippen LogP contribution in [-0.2, 0) is 6.54 Å². The molecule has 1 aliphatic heterocycles. The number of hydrogen-bond donors (Lipinski definition) is 0. The Morgan fingerprint density at radius 3 is 2.68 bits per heavy atom. The average Bonchev–Trinajstić information content (AvgIpc) is 3.10. The number of hydrogen-bond acceptors (Lipinski definition) is 0. The van der Waals surface area contributed by atoms with Crippen molar-refractivity contribution in [2.24, 2.45) is 0 Å². The van der Waals surface area contributed by atoms with Crippen LogP contribution in [0.2, 0.25) is 0 Å². The summed E-state index contributed by atoms with van der Waals surface area (Å²) in [6.45, 7) is 1.02. The first-order chi connectivity index (χ1) is 10.9.